The molecular weight excluding hydrogens is 373 g/mol. The number of nitrogen functional groups attached to an aromatic ring is 1. The Hall–Kier alpha value is -2.09. The van der Waals surface area contributed by atoms with Crippen LogP contribution < -0.4 is 10.5 Å². The van der Waals surface area contributed by atoms with Gasteiger partial charge in [0.25, 0.3) is 0 Å². The second-order valence-corrected chi connectivity index (χ2v) is 6.41. The average Bonchev–Trinajstić information content (AvgIpc) is 2.99. The van der Waals surface area contributed by atoms with Crippen molar-refractivity contribution < 1.29 is 14.3 Å². The molecule has 0 aliphatic carbocycles. The third-order valence-corrected chi connectivity index (χ3v) is 4.97. The van der Waals surface area contributed by atoms with Crippen LogP contribution in [0.15, 0.2) is 17.5 Å². The minimum Gasteiger partial charge on any atom is -0.494 e. The second kappa shape index (κ2) is 6.43. The molecule has 0 amide bonds. The maximum Gasteiger partial charge on any atom is 0.351 e. The molecule has 6 nitrogen and oxygen atoms in total. The van der Waals surface area contributed by atoms with Crippen LogP contribution in [0.2, 0.25) is 10.0 Å². The van der Waals surface area contributed by atoms with E-state index in [0.29, 0.717) is 43.0 Å². The Morgan fingerprint density at radius 1 is 1.17 bits per heavy atom. The summed E-state index contributed by atoms with van der Waals surface area (Å²) >= 11 is 13.2. The summed E-state index contributed by atoms with van der Waals surface area (Å²) in [4.78, 5) is 21.0. The van der Waals surface area contributed by atoms with Gasteiger partial charge in [-0.3, -0.25) is 0 Å². The number of hydrogen-bond donors (Lipinski definition) is 1. The molecule has 3 aromatic rings. The number of benzene rings is 1. The molecule has 124 valence electrons. The molecule has 0 spiro atoms. The summed E-state index contributed by atoms with van der Waals surface area (Å²) in [5.41, 5.74) is 8.03. The van der Waals surface area contributed by atoms with E-state index in [0.717, 1.165) is 0 Å². The lowest BCUT2D eigenvalue weighted by atomic mass is 10.2. The molecule has 0 saturated carbocycles. The number of halogens is 2. The van der Waals surface area contributed by atoms with Crippen LogP contribution in [0.3, 0.4) is 0 Å². The fourth-order valence-electron chi connectivity index (χ4n) is 2.21. The summed E-state index contributed by atoms with van der Waals surface area (Å²) in [5.74, 6) is 0.0333. The van der Waals surface area contributed by atoms with E-state index < -0.39 is 5.97 Å². The van der Waals surface area contributed by atoms with Crippen LogP contribution in [-0.4, -0.2) is 30.2 Å². The molecule has 0 aliphatic rings. The Balaban J connectivity index is 2.23. The standard InChI is InChI=1S/C15H11Cl2N3O3S/c1-22-12-6(5-24-13(12)15(21)23-2)11-14(18)20-10-4-8(17)7(16)3-9(10)19-11/h3-5H,1-2H3,(H2,18,20). The molecule has 2 aromatic heterocycles. The van der Waals surface area contributed by atoms with Crippen molar-refractivity contribution in [1.29, 1.82) is 0 Å². The van der Waals surface area contributed by atoms with Gasteiger partial charge < -0.3 is 15.2 Å². The maximum atomic E-state index is 11.8. The van der Waals surface area contributed by atoms with Gasteiger partial charge in [-0.1, -0.05) is 23.2 Å². The van der Waals surface area contributed by atoms with Gasteiger partial charge in [0.2, 0.25) is 0 Å². The first kappa shape index (κ1) is 16.8. The summed E-state index contributed by atoms with van der Waals surface area (Å²) in [5, 5.41) is 2.45. The number of rotatable bonds is 3. The van der Waals surface area contributed by atoms with Crippen LogP contribution in [0.25, 0.3) is 22.3 Å². The van der Waals surface area contributed by atoms with E-state index in [1.54, 1.807) is 17.5 Å². The van der Waals surface area contributed by atoms with E-state index in [9.17, 15) is 4.79 Å². The molecule has 0 aliphatic heterocycles. The highest BCUT2D eigenvalue weighted by Gasteiger charge is 2.23. The molecule has 0 radical (unpaired) electrons. The largest absolute Gasteiger partial charge is 0.494 e. The number of methoxy groups -OCH3 is 2. The molecule has 9 heteroatoms. The van der Waals surface area contributed by atoms with Crippen molar-refractivity contribution in [3.05, 3.63) is 32.4 Å². The van der Waals surface area contributed by atoms with Gasteiger partial charge in [-0.15, -0.1) is 11.3 Å². The minimum atomic E-state index is -0.495. The Morgan fingerprint density at radius 3 is 2.38 bits per heavy atom. The molecule has 0 bridgehead atoms. The monoisotopic (exact) mass is 383 g/mol. The number of carbonyl (C=O) groups is 1. The zero-order chi connectivity index (χ0) is 17.4. The highest BCUT2D eigenvalue weighted by Crippen LogP contribution is 2.40. The van der Waals surface area contributed by atoms with E-state index in [1.807, 2.05) is 0 Å². The Labute approximate surface area is 151 Å². The molecule has 2 heterocycles. The lowest BCUT2D eigenvalue weighted by Crippen LogP contribution is -2.02. The third-order valence-electron chi connectivity index (χ3n) is 3.31. The average molecular weight is 384 g/mol. The van der Waals surface area contributed by atoms with E-state index in [-0.39, 0.29) is 5.82 Å². The Morgan fingerprint density at radius 2 is 1.79 bits per heavy atom. The van der Waals surface area contributed by atoms with Gasteiger partial charge in [-0.2, -0.15) is 0 Å². The summed E-state index contributed by atoms with van der Waals surface area (Å²) in [6, 6.07) is 3.20. The number of thiophene rings is 1. The number of nitrogens with zero attached hydrogens (tertiary/aromatic N) is 2. The fraction of sp³-hybridized carbons (Fsp3) is 0.133. The van der Waals surface area contributed by atoms with Crippen LogP contribution in [0.4, 0.5) is 5.82 Å². The Kier molecular flexibility index (Phi) is 4.49. The lowest BCUT2D eigenvalue weighted by Gasteiger charge is -2.09. The first-order valence-corrected chi connectivity index (χ1v) is 8.26. The number of fused-ring (bicyclic) bond motifs is 1. The van der Waals surface area contributed by atoms with Crippen molar-refractivity contribution in [3.8, 4) is 17.0 Å². The quantitative estimate of drug-likeness (QED) is 0.686. The van der Waals surface area contributed by atoms with Gasteiger partial charge in [0, 0.05) is 5.38 Å². The van der Waals surface area contributed by atoms with Crippen molar-refractivity contribution in [1.82, 2.24) is 9.97 Å². The van der Waals surface area contributed by atoms with E-state index in [4.69, 9.17) is 38.4 Å². The SMILES string of the molecule is COC(=O)c1scc(-c2nc3cc(Cl)c(Cl)cc3nc2N)c1OC. The summed E-state index contributed by atoms with van der Waals surface area (Å²) in [6.45, 7) is 0. The van der Waals surface area contributed by atoms with Crippen molar-refractivity contribution in [2.75, 3.05) is 20.0 Å². The number of aromatic nitrogens is 2. The molecule has 3 rings (SSSR count). The molecule has 2 N–H and O–H groups in total. The van der Waals surface area contributed by atoms with Crippen LogP contribution in [0.1, 0.15) is 9.67 Å². The van der Waals surface area contributed by atoms with Crippen LogP contribution in [0, 0.1) is 0 Å². The van der Waals surface area contributed by atoms with Gasteiger partial charge in [0.1, 0.15) is 5.69 Å². The van der Waals surface area contributed by atoms with Crippen LogP contribution in [-0.2, 0) is 4.74 Å². The molecule has 0 fully saturated rings. The number of ether oxygens (including phenoxy) is 2. The number of nitrogens with two attached hydrogens (primary N) is 1. The van der Waals surface area contributed by atoms with Crippen molar-refractivity contribution in [3.63, 3.8) is 0 Å². The highest BCUT2D eigenvalue weighted by molar-refractivity contribution is 7.12. The molecule has 1 aromatic carbocycles. The smallest absolute Gasteiger partial charge is 0.351 e. The lowest BCUT2D eigenvalue weighted by molar-refractivity contribution is 0.0603. The first-order valence-electron chi connectivity index (χ1n) is 6.62. The van der Waals surface area contributed by atoms with Crippen molar-refractivity contribution in [2.24, 2.45) is 0 Å². The molecular formula is C15H11Cl2N3O3S. The molecule has 24 heavy (non-hydrogen) atoms. The van der Waals surface area contributed by atoms with Gasteiger partial charge >= 0.3 is 5.97 Å². The van der Waals surface area contributed by atoms with E-state index >= 15 is 0 Å². The predicted molar refractivity (Wildman–Crippen MR) is 95.2 cm³/mol. The summed E-state index contributed by atoms with van der Waals surface area (Å²) in [7, 11) is 2.76. The molecule has 0 atom stereocenters. The zero-order valence-electron chi connectivity index (χ0n) is 12.6. The zero-order valence-corrected chi connectivity index (χ0v) is 14.9. The normalized spacial score (nSPS) is 10.8. The van der Waals surface area contributed by atoms with E-state index in [1.165, 1.54) is 25.6 Å². The topological polar surface area (TPSA) is 87.3 Å². The van der Waals surface area contributed by atoms with Gasteiger partial charge in [0.15, 0.2) is 16.4 Å². The minimum absolute atomic E-state index is 0.188. The Bertz CT molecular complexity index is 959. The van der Waals surface area contributed by atoms with Crippen LogP contribution in [0.5, 0.6) is 5.75 Å². The van der Waals surface area contributed by atoms with E-state index in [2.05, 4.69) is 9.97 Å². The van der Waals surface area contributed by atoms with Crippen molar-refractivity contribution in [2.45, 2.75) is 0 Å². The fourth-order valence-corrected chi connectivity index (χ4v) is 3.46. The third kappa shape index (κ3) is 2.75. The summed E-state index contributed by atoms with van der Waals surface area (Å²) in [6.07, 6.45) is 0. The highest BCUT2D eigenvalue weighted by atomic mass is 35.5. The van der Waals surface area contributed by atoms with Crippen molar-refractivity contribution >= 4 is 57.4 Å². The maximum absolute atomic E-state index is 11.8. The number of carbonyl (C=O) groups excluding carboxylic acids is 1. The number of hydrogen-bond acceptors (Lipinski definition) is 7. The number of esters is 1. The molecule has 0 saturated heterocycles. The summed E-state index contributed by atoms with van der Waals surface area (Å²) < 4.78 is 10.1. The molecule has 0 unspecified atom stereocenters. The predicted octanol–water partition coefficient (Wildman–Crippen LogP) is 4.04. The number of anilines is 1. The van der Waals surface area contributed by atoms with Gasteiger partial charge in [0.05, 0.1) is 40.9 Å². The van der Waals surface area contributed by atoms with Gasteiger partial charge in [-0.25, -0.2) is 14.8 Å². The van der Waals surface area contributed by atoms with Crippen LogP contribution >= 0.6 is 34.5 Å². The first-order chi connectivity index (χ1) is 11.5. The van der Waals surface area contributed by atoms with Gasteiger partial charge in [-0.05, 0) is 12.1 Å². The second-order valence-electron chi connectivity index (χ2n) is 4.72.